The first-order valence-corrected chi connectivity index (χ1v) is 17.0. The average Bonchev–Trinajstić information content (AvgIpc) is 3.00. The van der Waals surface area contributed by atoms with Gasteiger partial charge in [0.1, 0.15) is 5.78 Å². The van der Waals surface area contributed by atoms with E-state index in [1.807, 2.05) is 26.0 Å². The van der Waals surface area contributed by atoms with E-state index in [2.05, 4.69) is 25.2 Å². The van der Waals surface area contributed by atoms with Gasteiger partial charge in [-0.1, -0.05) is 65.2 Å². The molecule has 0 spiro atoms. The third-order valence-corrected chi connectivity index (χ3v) is 8.90. The van der Waals surface area contributed by atoms with E-state index in [-0.39, 0.29) is 18.9 Å². The van der Waals surface area contributed by atoms with Crippen molar-refractivity contribution < 1.29 is 38.8 Å². The smallest absolute Gasteiger partial charge is 0.309 e. The number of ketones is 1. The van der Waals surface area contributed by atoms with Crippen LogP contribution in [0, 0.1) is 17.8 Å². The molecule has 2 bridgehead atoms. The highest BCUT2D eigenvalue weighted by molar-refractivity contribution is 5.84. The minimum absolute atomic E-state index is 0.0220. The molecule has 0 aromatic heterocycles. The van der Waals surface area contributed by atoms with Crippen molar-refractivity contribution in [1.82, 2.24) is 5.32 Å². The van der Waals surface area contributed by atoms with Gasteiger partial charge in [-0.05, 0) is 68.8 Å². The van der Waals surface area contributed by atoms with E-state index in [0.29, 0.717) is 62.6 Å². The van der Waals surface area contributed by atoms with Gasteiger partial charge in [-0.15, -0.1) is 0 Å². The fourth-order valence-corrected chi connectivity index (χ4v) is 6.09. The van der Waals surface area contributed by atoms with Crippen LogP contribution < -0.4 is 5.32 Å². The van der Waals surface area contributed by atoms with E-state index < -0.39 is 42.6 Å². The molecule has 2 unspecified atom stereocenters. The van der Waals surface area contributed by atoms with Gasteiger partial charge in [-0.25, -0.2) is 0 Å². The summed E-state index contributed by atoms with van der Waals surface area (Å²) in [6.07, 6.45) is 12.0. The highest BCUT2D eigenvalue weighted by atomic mass is 16.7. The van der Waals surface area contributed by atoms with Crippen molar-refractivity contribution in [3.8, 4) is 0 Å². The molecule has 252 valence electrons. The number of methoxy groups -OCH3 is 1. The number of rotatable bonds is 4. The van der Waals surface area contributed by atoms with E-state index in [1.165, 1.54) is 0 Å². The van der Waals surface area contributed by atoms with Gasteiger partial charge in [-0.2, -0.15) is 0 Å². The lowest BCUT2D eigenvalue weighted by atomic mass is 9.92. The fraction of sp³-hybridized carbons (Fsp3) is 0.800. The molecule has 1 saturated heterocycles. The summed E-state index contributed by atoms with van der Waals surface area (Å²) >= 11 is 0. The predicted octanol–water partition coefficient (Wildman–Crippen LogP) is 5.56. The quantitative estimate of drug-likeness (QED) is 0.348. The first-order chi connectivity index (χ1) is 21.1. The zero-order chi connectivity index (χ0) is 32.5. The van der Waals surface area contributed by atoms with Gasteiger partial charge in [-0.3, -0.25) is 14.4 Å². The van der Waals surface area contributed by atoms with Gasteiger partial charge < -0.3 is 29.7 Å². The van der Waals surface area contributed by atoms with Crippen LogP contribution in [0.15, 0.2) is 23.8 Å². The Morgan fingerprint density at radius 2 is 1.73 bits per heavy atom. The normalized spacial score (nSPS) is 35.4. The number of esters is 1. The Balaban J connectivity index is 2.11. The number of carbonyl (C=O) groups excluding carboxylic acids is 3. The molecule has 1 fully saturated rings. The standard InChI is InChI=1S/C35H59NO8/c1-6-12-32-33(40)36-23-29(38)22-30(39)31-20-19-27(35(42-5)44-31)16-10-14-26(7-2)15-11-18-28(37)17-9-8-13-24(3)21-25(4)34(41)43-32/h10,14,16,24-26,29-32,35,38-39H,6-9,11-13,15,17-23H2,1-5H3,(H,36,40)/b14-10+,27-16-/t24-,25+,26+,29+,30?,31+,32+,35?/m1/s1. The Morgan fingerprint density at radius 3 is 2.43 bits per heavy atom. The lowest BCUT2D eigenvalue weighted by molar-refractivity contribution is -0.181. The molecule has 3 rings (SSSR count). The van der Waals surface area contributed by atoms with Crippen LogP contribution in [0.3, 0.4) is 0 Å². The van der Waals surface area contributed by atoms with Crippen molar-refractivity contribution in [2.45, 2.75) is 148 Å². The average molecular weight is 622 g/mol. The van der Waals surface area contributed by atoms with Gasteiger partial charge in [0.05, 0.1) is 24.2 Å². The number of fused-ring (bicyclic) bond motifs is 24. The van der Waals surface area contributed by atoms with Crippen LogP contribution in [0.5, 0.6) is 0 Å². The van der Waals surface area contributed by atoms with E-state index in [4.69, 9.17) is 14.2 Å². The van der Waals surface area contributed by atoms with Crippen LogP contribution >= 0.6 is 0 Å². The molecule has 0 aromatic carbocycles. The van der Waals surface area contributed by atoms with E-state index >= 15 is 0 Å². The van der Waals surface area contributed by atoms with Crippen LogP contribution in [-0.4, -0.2) is 72.2 Å². The fourth-order valence-electron chi connectivity index (χ4n) is 6.09. The van der Waals surface area contributed by atoms with E-state index in [1.54, 1.807) is 7.11 Å². The Kier molecular flexibility index (Phi) is 18.1. The molecular formula is C35H59NO8. The third kappa shape index (κ3) is 13.9. The van der Waals surface area contributed by atoms with Crippen LogP contribution in [0.4, 0.5) is 0 Å². The number of nitrogens with one attached hydrogen (secondary N) is 1. The minimum atomic E-state index is -0.996. The molecular weight excluding hydrogens is 562 g/mol. The minimum Gasteiger partial charge on any atom is -0.452 e. The maximum atomic E-state index is 12.9. The molecule has 0 radical (unpaired) electrons. The molecule has 9 nitrogen and oxygen atoms in total. The number of Topliss-reactive ketones (excluding diaryl/α,β-unsaturated/α-hetero) is 1. The largest absolute Gasteiger partial charge is 0.452 e. The number of carbonyl (C=O) groups is 3. The van der Waals surface area contributed by atoms with Crippen molar-refractivity contribution in [3.63, 3.8) is 0 Å². The maximum Gasteiger partial charge on any atom is 0.309 e. The Morgan fingerprint density at radius 1 is 0.977 bits per heavy atom. The molecule has 0 aromatic rings. The molecule has 0 aliphatic carbocycles. The summed E-state index contributed by atoms with van der Waals surface area (Å²) in [5.41, 5.74) is 0.985. The van der Waals surface area contributed by atoms with Crippen LogP contribution in [-0.2, 0) is 28.6 Å². The van der Waals surface area contributed by atoms with Crippen molar-refractivity contribution >= 4 is 17.7 Å². The van der Waals surface area contributed by atoms with Gasteiger partial charge in [0.2, 0.25) is 0 Å². The number of allylic oxidation sites excluding steroid dienone is 3. The molecule has 3 aliphatic heterocycles. The summed E-state index contributed by atoms with van der Waals surface area (Å²) in [5, 5.41) is 24.1. The summed E-state index contributed by atoms with van der Waals surface area (Å²) in [5.74, 6) is -0.205. The Bertz CT molecular complexity index is 934. The number of aliphatic hydroxyl groups is 2. The van der Waals surface area contributed by atoms with E-state index in [9.17, 15) is 24.6 Å². The molecule has 3 heterocycles. The number of ether oxygens (including phenoxy) is 3. The first-order valence-electron chi connectivity index (χ1n) is 17.0. The molecule has 3 N–H and O–H groups in total. The van der Waals surface area contributed by atoms with Crippen molar-refractivity contribution in [2.24, 2.45) is 17.8 Å². The topological polar surface area (TPSA) is 131 Å². The first kappa shape index (κ1) is 38.1. The summed E-state index contributed by atoms with van der Waals surface area (Å²) in [6, 6.07) is 0. The van der Waals surface area contributed by atoms with Crippen molar-refractivity contribution in [2.75, 3.05) is 13.7 Å². The Hall–Kier alpha value is -2.07. The highest BCUT2D eigenvalue weighted by Crippen LogP contribution is 2.28. The van der Waals surface area contributed by atoms with Gasteiger partial charge in [0.25, 0.3) is 5.91 Å². The second kappa shape index (κ2) is 20.9. The molecule has 0 saturated carbocycles. The lowest BCUT2D eigenvalue weighted by Gasteiger charge is -2.34. The van der Waals surface area contributed by atoms with Crippen LogP contribution in [0.25, 0.3) is 0 Å². The van der Waals surface area contributed by atoms with Crippen LogP contribution in [0.1, 0.15) is 118 Å². The van der Waals surface area contributed by atoms with Crippen molar-refractivity contribution in [1.29, 1.82) is 0 Å². The summed E-state index contributed by atoms with van der Waals surface area (Å²) < 4.78 is 17.2. The third-order valence-electron chi connectivity index (χ3n) is 8.90. The van der Waals surface area contributed by atoms with Gasteiger partial charge >= 0.3 is 5.97 Å². The number of amides is 1. The predicted molar refractivity (Wildman–Crippen MR) is 171 cm³/mol. The number of aliphatic hydroxyl groups excluding tert-OH is 2. The monoisotopic (exact) mass is 621 g/mol. The number of hydrogen-bond acceptors (Lipinski definition) is 8. The molecule has 44 heavy (non-hydrogen) atoms. The van der Waals surface area contributed by atoms with Crippen molar-refractivity contribution in [3.05, 3.63) is 23.8 Å². The second-order valence-electron chi connectivity index (χ2n) is 12.9. The molecule has 8 atom stereocenters. The SMILES string of the molecule is CCC[C@@H]1OC(=O)[C@@H](C)C[C@H](C)CCCCC(=O)CCC[C@@H](CC)/C=C/C=C2/CC[C@H](OC2OC)C(O)C[C@H](O)CNC1=O. The van der Waals surface area contributed by atoms with Gasteiger partial charge in [0, 0.05) is 32.9 Å². The summed E-state index contributed by atoms with van der Waals surface area (Å²) in [6.45, 7) is 7.94. The molecule has 1 amide bonds. The maximum absolute atomic E-state index is 12.9. The lowest BCUT2D eigenvalue weighted by Crippen LogP contribution is -2.44. The Labute approximate surface area is 265 Å². The highest BCUT2D eigenvalue weighted by Gasteiger charge is 2.32. The summed E-state index contributed by atoms with van der Waals surface area (Å²) in [7, 11) is 1.57. The zero-order valence-corrected chi connectivity index (χ0v) is 27.8. The van der Waals surface area contributed by atoms with E-state index in [0.717, 1.165) is 44.1 Å². The van der Waals surface area contributed by atoms with Gasteiger partial charge in [0.15, 0.2) is 12.4 Å². The number of hydrogen-bond donors (Lipinski definition) is 3. The second-order valence-corrected chi connectivity index (χ2v) is 12.9. The summed E-state index contributed by atoms with van der Waals surface area (Å²) in [4.78, 5) is 38.2. The molecule has 9 heteroatoms. The molecule has 3 aliphatic rings. The van der Waals surface area contributed by atoms with Crippen LogP contribution in [0.2, 0.25) is 0 Å². The zero-order valence-electron chi connectivity index (χ0n) is 27.8.